The number of hydrogen-bond donors (Lipinski definition) is 0. The van der Waals surface area contributed by atoms with Crippen molar-refractivity contribution in [2.75, 3.05) is 0 Å². The van der Waals surface area contributed by atoms with Gasteiger partial charge >= 0.3 is 0 Å². The van der Waals surface area contributed by atoms with Crippen molar-refractivity contribution in [3.05, 3.63) is 46.7 Å². The lowest BCUT2D eigenvalue weighted by molar-refractivity contribution is -0.269. The van der Waals surface area contributed by atoms with Crippen LogP contribution < -0.4 is 15.5 Å². The first-order valence-corrected chi connectivity index (χ1v) is 3.79. The standard InChI is InChI=1S/C11H8O/c1-8-6-9-4-2-3-5-10(9)11(12)7-8/h2-7H,1H2. The molecule has 0 fully saturated rings. The monoisotopic (exact) mass is 156 g/mol. The van der Waals surface area contributed by atoms with E-state index in [0.29, 0.717) is 0 Å². The Morgan fingerprint density at radius 3 is 3.00 bits per heavy atom. The van der Waals surface area contributed by atoms with E-state index in [9.17, 15) is 5.11 Å². The first-order valence-electron chi connectivity index (χ1n) is 3.79. The van der Waals surface area contributed by atoms with Crippen LogP contribution in [0.25, 0.3) is 12.7 Å². The Morgan fingerprint density at radius 1 is 1.33 bits per heavy atom. The van der Waals surface area contributed by atoms with Crippen LogP contribution in [0, 0.1) is 6.42 Å². The van der Waals surface area contributed by atoms with Crippen LogP contribution in [0.3, 0.4) is 0 Å². The van der Waals surface area contributed by atoms with Gasteiger partial charge in [-0.1, -0.05) is 12.3 Å². The Bertz CT molecular complexity index is 441. The highest BCUT2D eigenvalue weighted by molar-refractivity contribution is 5.53. The maximum atomic E-state index is 11.4. The largest absolute Gasteiger partial charge is 0.864 e. The van der Waals surface area contributed by atoms with Gasteiger partial charge in [-0.15, -0.1) is 0 Å². The van der Waals surface area contributed by atoms with Gasteiger partial charge in [-0.05, 0) is 6.07 Å². The normalized spacial score (nSPS) is 13.0. The van der Waals surface area contributed by atoms with E-state index in [-0.39, 0.29) is 5.75 Å². The molecule has 1 aliphatic carbocycles. The van der Waals surface area contributed by atoms with Gasteiger partial charge in [0.15, 0.2) is 0 Å². The Balaban J connectivity index is 2.85. The molecule has 0 spiro atoms. The van der Waals surface area contributed by atoms with Gasteiger partial charge in [0.05, 0.1) is 5.22 Å². The quantitative estimate of drug-likeness (QED) is 0.487. The summed E-state index contributed by atoms with van der Waals surface area (Å²) in [6.07, 6.45) is 7.54. The predicted molar refractivity (Wildman–Crippen MR) is 47.7 cm³/mol. The average Bonchev–Trinajstić information content (AvgIpc) is 2.04. The third kappa shape index (κ3) is 0.996. The van der Waals surface area contributed by atoms with Crippen LogP contribution in [0.2, 0.25) is 0 Å². The molecule has 0 aliphatic heterocycles. The van der Waals surface area contributed by atoms with E-state index in [0.717, 1.165) is 16.0 Å². The highest BCUT2D eigenvalue weighted by atomic mass is 16.3. The fourth-order valence-electron chi connectivity index (χ4n) is 1.33. The topological polar surface area (TPSA) is 23.1 Å². The molecule has 0 bridgehead atoms. The van der Waals surface area contributed by atoms with Crippen molar-refractivity contribution in [3.63, 3.8) is 0 Å². The molecule has 0 unspecified atom stereocenters. The van der Waals surface area contributed by atoms with Crippen LogP contribution in [0.15, 0.2) is 24.3 Å². The molecule has 1 nitrogen and oxygen atoms in total. The van der Waals surface area contributed by atoms with Gasteiger partial charge < -0.3 is 5.11 Å². The molecule has 0 atom stereocenters. The zero-order valence-corrected chi connectivity index (χ0v) is 6.58. The lowest BCUT2D eigenvalue weighted by Gasteiger charge is -2.05. The van der Waals surface area contributed by atoms with E-state index in [4.69, 9.17) is 0 Å². The summed E-state index contributed by atoms with van der Waals surface area (Å²) in [7, 11) is 0. The van der Waals surface area contributed by atoms with Gasteiger partial charge in [0.25, 0.3) is 0 Å². The van der Waals surface area contributed by atoms with Crippen molar-refractivity contribution in [2.45, 2.75) is 0 Å². The van der Waals surface area contributed by atoms with Gasteiger partial charge in [0, 0.05) is 35.9 Å². The summed E-state index contributed by atoms with van der Waals surface area (Å²) < 4.78 is 0. The summed E-state index contributed by atoms with van der Waals surface area (Å²) >= 11 is 0. The number of fused-ring (bicyclic) bond motifs is 1. The van der Waals surface area contributed by atoms with Gasteiger partial charge in [-0.3, -0.25) is 0 Å². The Labute approximate surface area is 71.0 Å². The van der Waals surface area contributed by atoms with E-state index in [2.05, 4.69) is 6.58 Å². The van der Waals surface area contributed by atoms with Crippen LogP contribution in [0.1, 0.15) is 5.56 Å². The summed E-state index contributed by atoms with van der Waals surface area (Å²) in [5.41, 5.74) is 0.968. The second kappa shape index (κ2) is 2.45. The van der Waals surface area contributed by atoms with E-state index in [1.54, 1.807) is 6.07 Å². The maximum Gasteiger partial charge on any atom is 0.103 e. The van der Waals surface area contributed by atoms with Crippen molar-refractivity contribution in [1.29, 1.82) is 0 Å². The van der Waals surface area contributed by atoms with Crippen molar-refractivity contribution in [3.8, 4) is 5.75 Å². The second-order valence-corrected chi connectivity index (χ2v) is 2.82. The van der Waals surface area contributed by atoms with Crippen LogP contribution in [0.5, 0.6) is 5.75 Å². The van der Waals surface area contributed by atoms with Crippen molar-refractivity contribution in [1.82, 2.24) is 0 Å². The number of rotatable bonds is 0. The molecular formula is C11H8O. The lowest BCUT2D eigenvalue weighted by Crippen LogP contribution is -2.20. The molecule has 0 N–H and O–H groups in total. The molecule has 0 radical (unpaired) electrons. The molecule has 0 heterocycles. The molecule has 0 amide bonds. The maximum absolute atomic E-state index is 11.4. The fraction of sp³-hybridized carbons (Fsp3) is 0. The zero-order valence-electron chi connectivity index (χ0n) is 6.58. The van der Waals surface area contributed by atoms with Gasteiger partial charge in [0.1, 0.15) is 5.56 Å². The zero-order chi connectivity index (χ0) is 8.55. The Kier molecular flexibility index (Phi) is 1.44. The van der Waals surface area contributed by atoms with Crippen LogP contribution in [0.4, 0.5) is 0 Å². The van der Waals surface area contributed by atoms with Crippen LogP contribution in [-0.2, 0) is 0 Å². The Hall–Kier alpha value is -1.63. The molecule has 0 saturated carbocycles. The minimum atomic E-state index is 0.0538. The highest BCUT2D eigenvalue weighted by Gasteiger charge is 2.04. The predicted octanol–water partition coefficient (Wildman–Crippen LogP) is 0.0732. The molecule has 1 aromatic carbocycles. The molecule has 2 rings (SSSR count). The summed E-state index contributed by atoms with van der Waals surface area (Å²) in [5.74, 6) is 0.0538. The van der Waals surface area contributed by atoms with E-state index in [1.807, 2.05) is 30.7 Å². The second-order valence-electron chi connectivity index (χ2n) is 2.82. The van der Waals surface area contributed by atoms with E-state index in [1.165, 1.54) is 0 Å². The Morgan fingerprint density at radius 2 is 2.17 bits per heavy atom. The van der Waals surface area contributed by atoms with Gasteiger partial charge in [-0.2, -0.15) is 0 Å². The number of allylic oxidation sites excluding steroid dienone is 2. The molecule has 1 aromatic rings. The van der Waals surface area contributed by atoms with Gasteiger partial charge in [-0.25, -0.2) is 0 Å². The molecule has 12 heavy (non-hydrogen) atoms. The smallest absolute Gasteiger partial charge is 0.103 e. The fourth-order valence-corrected chi connectivity index (χ4v) is 1.33. The van der Waals surface area contributed by atoms with Crippen molar-refractivity contribution < 1.29 is 5.11 Å². The van der Waals surface area contributed by atoms with E-state index >= 15 is 0 Å². The van der Waals surface area contributed by atoms with E-state index < -0.39 is 0 Å². The summed E-state index contributed by atoms with van der Waals surface area (Å²) in [6.45, 7) is 3.73. The number of benzene rings is 1. The molecular weight excluding hydrogens is 148 g/mol. The molecule has 1 heteroatoms. The molecule has 0 aromatic heterocycles. The minimum absolute atomic E-state index is 0.0538. The summed E-state index contributed by atoms with van der Waals surface area (Å²) in [4.78, 5) is 0. The van der Waals surface area contributed by atoms with Crippen LogP contribution >= 0.6 is 0 Å². The SMILES string of the molecule is C=c1cc([O-])c2c(c1)[CH+]C=CC=2. The average molecular weight is 156 g/mol. The number of hydrogen-bond acceptors (Lipinski definition) is 1. The lowest BCUT2D eigenvalue weighted by atomic mass is 10.0. The third-order valence-electron chi connectivity index (χ3n) is 1.88. The summed E-state index contributed by atoms with van der Waals surface area (Å²) in [6, 6.07) is 3.47. The minimum Gasteiger partial charge on any atom is -0.864 e. The highest BCUT2D eigenvalue weighted by Crippen LogP contribution is 2.03. The van der Waals surface area contributed by atoms with Gasteiger partial charge in [0.2, 0.25) is 0 Å². The first-order chi connectivity index (χ1) is 5.77. The first kappa shape index (κ1) is 7.04. The molecule has 0 saturated heterocycles. The van der Waals surface area contributed by atoms with Crippen molar-refractivity contribution >= 4 is 12.7 Å². The van der Waals surface area contributed by atoms with Crippen molar-refractivity contribution in [2.24, 2.45) is 0 Å². The summed E-state index contributed by atoms with van der Waals surface area (Å²) in [5, 5.41) is 12.9. The molecule has 58 valence electrons. The molecule has 1 aliphatic rings. The van der Waals surface area contributed by atoms with Crippen LogP contribution in [-0.4, -0.2) is 0 Å². The third-order valence-corrected chi connectivity index (χ3v) is 1.88.